The molecule has 7 heteroatoms. The molecule has 0 unspecified atom stereocenters. The minimum Gasteiger partial charge on any atom is -0.399 e. The number of aromatic nitrogens is 2. The van der Waals surface area contributed by atoms with Crippen LogP contribution in [0, 0.1) is 0 Å². The number of anilines is 2. The number of rotatable bonds is 3. The van der Waals surface area contributed by atoms with E-state index in [0.29, 0.717) is 11.4 Å². The van der Waals surface area contributed by atoms with Crippen molar-refractivity contribution in [2.75, 3.05) is 17.1 Å². The van der Waals surface area contributed by atoms with Crippen molar-refractivity contribution in [3.8, 4) is 0 Å². The molecular weight excluding hydrogens is 240 g/mol. The minimum absolute atomic E-state index is 0.0526. The summed E-state index contributed by atoms with van der Waals surface area (Å²) in [6.45, 7) is 0. The SMILES string of the molecule is CN(c1ccc(N)cc1)S(=O)(=O)c1ccn[nH]1. The van der Waals surface area contributed by atoms with E-state index >= 15 is 0 Å². The van der Waals surface area contributed by atoms with Crippen LogP contribution in [-0.2, 0) is 10.0 Å². The Labute approximate surface area is 99.1 Å². The highest BCUT2D eigenvalue weighted by Gasteiger charge is 2.22. The monoisotopic (exact) mass is 252 g/mol. The lowest BCUT2D eigenvalue weighted by Crippen LogP contribution is -2.26. The first-order chi connectivity index (χ1) is 8.01. The molecule has 0 bridgehead atoms. The van der Waals surface area contributed by atoms with Crippen LogP contribution in [0.2, 0.25) is 0 Å². The third kappa shape index (κ3) is 2.09. The molecular formula is C10H12N4O2S. The van der Waals surface area contributed by atoms with Gasteiger partial charge in [-0.05, 0) is 30.3 Å². The number of nitrogens with two attached hydrogens (primary N) is 1. The normalized spacial score (nSPS) is 11.4. The van der Waals surface area contributed by atoms with Gasteiger partial charge in [-0.3, -0.25) is 9.40 Å². The second-order valence-corrected chi connectivity index (χ2v) is 5.42. The highest BCUT2D eigenvalue weighted by molar-refractivity contribution is 7.92. The summed E-state index contributed by atoms with van der Waals surface area (Å²) >= 11 is 0. The molecule has 0 atom stereocenters. The quantitative estimate of drug-likeness (QED) is 0.791. The van der Waals surface area contributed by atoms with Crippen molar-refractivity contribution in [3.05, 3.63) is 36.5 Å². The van der Waals surface area contributed by atoms with Crippen LogP contribution in [0.1, 0.15) is 0 Å². The van der Waals surface area contributed by atoms with Gasteiger partial charge in [0, 0.05) is 12.7 Å². The third-order valence-electron chi connectivity index (χ3n) is 2.37. The highest BCUT2D eigenvalue weighted by Crippen LogP contribution is 2.21. The van der Waals surface area contributed by atoms with Gasteiger partial charge in [-0.2, -0.15) is 13.5 Å². The molecule has 2 rings (SSSR count). The van der Waals surface area contributed by atoms with Crippen LogP contribution in [0.15, 0.2) is 41.6 Å². The zero-order chi connectivity index (χ0) is 12.5. The summed E-state index contributed by atoms with van der Waals surface area (Å²) < 4.78 is 25.4. The molecule has 0 aliphatic heterocycles. The van der Waals surface area contributed by atoms with Gasteiger partial charge in [-0.1, -0.05) is 0 Å². The van der Waals surface area contributed by atoms with E-state index < -0.39 is 10.0 Å². The zero-order valence-corrected chi connectivity index (χ0v) is 9.98. The van der Waals surface area contributed by atoms with E-state index in [1.807, 2.05) is 0 Å². The number of hydrogen-bond donors (Lipinski definition) is 2. The molecule has 0 aliphatic carbocycles. The van der Waals surface area contributed by atoms with E-state index in [-0.39, 0.29) is 5.03 Å². The van der Waals surface area contributed by atoms with Gasteiger partial charge in [0.15, 0.2) is 5.03 Å². The number of nitrogens with one attached hydrogen (secondary N) is 1. The van der Waals surface area contributed by atoms with Gasteiger partial charge < -0.3 is 5.73 Å². The molecule has 0 saturated carbocycles. The van der Waals surface area contributed by atoms with E-state index in [2.05, 4.69) is 10.2 Å². The molecule has 1 heterocycles. The number of aromatic amines is 1. The van der Waals surface area contributed by atoms with Gasteiger partial charge >= 0.3 is 0 Å². The Morgan fingerprint density at radius 1 is 1.24 bits per heavy atom. The molecule has 0 amide bonds. The van der Waals surface area contributed by atoms with Crippen LogP contribution in [0.3, 0.4) is 0 Å². The van der Waals surface area contributed by atoms with Gasteiger partial charge in [0.05, 0.1) is 11.9 Å². The molecule has 6 nitrogen and oxygen atoms in total. The van der Waals surface area contributed by atoms with Gasteiger partial charge in [0.1, 0.15) is 0 Å². The number of hydrogen-bond acceptors (Lipinski definition) is 4. The molecule has 0 spiro atoms. The summed E-state index contributed by atoms with van der Waals surface area (Å²) in [6.07, 6.45) is 1.39. The predicted octanol–water partition coefficient (Wildman–Crippen LogP) is 0.817. The Balaban J connectivity index is 2.38. The summed E-state index contributed by atoms with van der Waals surface area (Å²) in [5.41, 5.74) is 6.67. The Morgan fingerprint density at radius 3 is 2.41 bits per heavy atom. The fourth-order valence-electron chi connectivity index (χ4n) is 1.36. The Hall–Kier alpha value is -2.02. The number of nitrogen functional groups attached to an aromatic ring is 1. The van der Waals surface area contributed by atoms with Crippen molar-refractivity contribution >= 4 is 21.4 Å². The van der Waals surface area contributed by atoms with E-state index in [0.717, 1.165) is 0 Å². The number of sulfonamides is 1. The maximum Gasteiger partial charge on any atom is 0.281 e. The second-order valence-electron chi connectivity index (χ2n) is 3.48. The number of nitrogens with zero attached hydrogens (tertiary/aromatic N) is 2. The van der Waals surface area contributed by atoms with Crippen molar-refractivity contribution in [2.24, 2.45) is 0 Å². The molecule has 0 aliphatic rings. The van der Waals surface area contributed by atoms with Crippen LogP contribution in [-0.4, -0.2) is 25.7 Å². The van der Waals surface area contributed by atoms with E-state index in [9.17, 15) is 8.42 Å². The molecule has 0 saturated heterocycles. The largest absolute Gasteiger partial charge is 0.399 e. The van der Waals surface area contributed by atoms with Gasteiger partial charge in [-0.15, -0.1) is 0 Å². The fourth-order valence-corrected chi connectivity index (χ4v) is 2.45. The van der Waals surface area contributed by atoms with Crippen molar-refractivity contribution in [1.29, 1.82) is 0 Å². The van der Waals surface area contributed by atoms with Crippen LogP contribution in [0.5, 0.6) is 0 Å². The van der Waals surface area contributed by atoms with Crippen LogP contribution < -0.4 is 10.0 Å². The molecule has 90 valence electrons. The average molecular weight is 252 g/mol. The van der Waals surface area contributed by atoms with Crippen LogP contribution in [0.4, 0.5) is 11.4 Å². The minimum atomic E-state index is -3.59. The second kappa shape index (κ2) is 4.10. The smallest absolute Gasteiger partial charge is 0.281 e. The Bertz CT molecular complexity index is 590. The highest BCUT2D eigenvalue weighted by atomic mass is 32.2. The van der Waals surface area contributed by atoms with Crippen LogP contribution in [0.25, 0.3) is 0 Å². The average Bonchev–Trinajstić information content (AvgIpc) is 2.83. The molecule has 0 fully saturated rings. The van der Waals surface area contributed by atoms with Crippen molar-refractivity contribution in [1.82, 2.24) is 10.2 Å². The Kier molecular flexibility index (Phi) is 2.76. The van der Waals surface area contributed by atoms with Crippen molar-refractivity contribution < 1.29 is 8.42 Å². The summed E-state index contributed by atoms with van der Waals surface area (Å²) in [5.74, 6) is 0. The molecule has 17 heavy (non-hydrogen) atoms. The molecule has 3 N–H and O–H groups in total. The van der Waals surface area contributed by atoms with Gasteiger partial charge in [0.2, 0.25) is 0 Å². The van der Waals surface area contributed by atoms with E-state index in [4.69, 9.17) is 5.73 Å². The van der Waals surface area contributed by atoms with E-state index in [1.165, 1.54) is 23.6 Å². The maximum absolute atomic E-state index is 12.1. The summed E-state index contributed by atoms with van der Waals surface area (Å²) in [7, 11) is -2.11. The summed E-state index contributed by atoms with van der Waals surface area (Å²) in [5, 5.41) is 6.12. The summed E-state index contributed by atoms with van der Waals surface area (Å²) in [6, 6.07) is 7.98. The first-order valence-electron chi connectivity index (χ1n) is 4.85. The first kappa shape index (κ1) is 11.5. The van der Waals surface area contributed by atoms with Gasteiger partial charge in [0.25, 0.3) is 10.0 Å². The fraction of sp³-hybridized carbons (Fsp3) is 0.100. The standard InChI is InChI=1S/C10H12N4O2S/c1-14(9-4-2-8(11)3-5-9)17(15,16)10-6-7-12-13-10/h2-7H,11H2,1H3,(H,12,13). The lowest BCUT2D eigenvalue weighted by atomic mass is 10.3. The predicted molar refractivity (Wildman–Crippen MR) is 65.0 cm³/mol. The molecule has 2 aromatic rings. The van der Waals surface area contributed by atoms with Crippen LogP contribution >= 0.6 is 0 Å². The first-order valence-corrected chi connectivity index (χ1v) is 6.29. The summed E-state index contributed by atoms with van der Waals surface area (Å²) in [4.78, 5) is 0. The lowest BCUT2D eigenvalue weighted by molar-refractivity contribution is 0.590. The molecule has 1 aromatic carbocycles. The van der Waals surface area contributed by atoms with Crippen molar-refractivity contribution in [3.63, 3.8) is 0 Å². The molecule has 0 radical (unpaired) electrons. The number of benzene rings is 1. The molecule has 1 aromatic heterocycles. The van der Waals surface area contributed by atoms with Crippen molar-refractivity contribution in [2.45, 2.75) is 5.03 Å². The lowest BCUT2D eigenvalue weighted by Gasteiger charge is -2.18. The van der Waals surface area contributed by atoms with E-state index in [1.54, 1.807) is 24.3 Å². The topological polar surface area (TPSA) is 92.1 Å². The zero-order valence-electron chi connectivity index (χ0n) is 9.16. The Morgan fingerprint density at radius 2 is 1.88 bits per heavy atom. The number of H-pyrrole nitrogens is 1. The van der Waals surface area contributed by atoms with Gasteiger partial charge in [-0.25, -0.2) is 0 Å². The maximum atomic E-state index is 12.1. The third-order valence-corrected chi connectivity index (χ3v) is 4.09.